The summed E-state index contributed by atoms with van der Waals surface area (Å²) >= 11 is 0. The summed E-state index contributed by atoms with van der Waals surface area (Å²) in [4.78, 5) is 19.4. The van der Waals surface area contributed by atoms with Gasteiger partial charge in [-0.1, -0.05) is 12.1 Å². The minimum absolute atomic E-state index is 0.365. The number of amides is 1. The molecule has 1 N–H and O–H groups in total. The minimum Gasteiger partial charge on any atom is -0.354 e. The molecule has 1 aromatic heterocycles. The first-order chi connectivity index (χ1) is 15.3. The van der Waals surface area contributed by atoms with Crippen molar-refractivity contribution in [1.82, 2.24) is 4.98 Å². The molecule has 1 fully saturated rings. The zero-order chi connectivity index (χ0) is 22.7. The summed E-state index contributed by atoms with van der Waals surface area (Å²) in [5.41, 5.74) is 1.27. The summed E-state index contributed by atoms with van der Waals surface area (Å²) in [5.74, 6) is 0.608. The Kier molecular flexibility index (Phi) is 6.17. The molecule has 0 unspecified atom stereocenters. The van der Waals surface area contributed by atoms with Crippen molar-refractivity contribution in [2.75, 3.05) is 16.8 Å². The van der Waals surface area contributed by atoms with E-state index in [2.05, 4.69) is 17.1 Å². The lowest BCUT2D eigenvalue weighted by Gasteiger charge is -2.34. The average Bonchev–Trinajstić information content (AvgIpc) is 2.77. The van der Waals surface area contributed by atoms with Gasteiger partial charge in [0.1, 0.15) is 5.82 Å². The van der Waals surface area contributed by atoms with E-state index in [0.717, 1.165) is 35.4 Å². The number of halogens is 3. The van der Waals surface area contributed by atoms with Gasteiger partial charge in [-0.05, 0) is 80.3 Å². The summed E-state index contributed by atoms with van der Waals surface area (Å²) in [6, 6.07) is 14.7. The van der Waals surface area contributed by atoms with Gasteiger partial charge >= 0.3 is 6.18 Å². The molecule has 1 atom stereocenters. The number of anilines is 2. The van der Waals surface area contributed by atoms with E-state index < -0.39 is 11.7 Å². The third-order valence-electron chi connectivity index (χ3n) is 5.70. The Morgan fingerprint density at radius 1 is 1.09 bits per heavy atom. The molecule has 32 heavy (non-hydrogen) atoms. The largest absolute Gasteiger partial charge is 0.416 e. The molecule has 4 rings (SSSR count). The van der Waals surface area contributed by atoms with E-state index in [1.54, 1.807) is 6.07 Å². The molecular formula is C25H24F3N3O. The number of pyridine rings is 1. The number of carbonyl (C=O) groups is 1. The Hall–Kier alpha value is -3.35. The van der Waals surface area contributed by atoms with E-state index in [1.165, 1.54) is 43.5 Å². The Balaban J connectivity index is 1.43. The first-order valence-corrected chi connectivity index (χ1v) is 10.6. The summed E-state index contributed by atoms with van der Waals surface area (Å²) in [6.07, 6.45) is 1.99. The van der Waals surface area contributed by atoms with Crippen LogP contribution in [-0.4, -0.2) is 23.5 Å². The molecule has 7 heteroatoms. The van der Waals surface area contributed by atoms with Crippen LogP contribution in [0.4, 0.5) is 24.7 Å². The summed E-state index contributed by atoms with van der Waals surface area (Å²) in [6.45, 7) is 3.24. The van der Waals surface area contributed by atoms with Crippen LogP contribution in [0.1, 0.15) is 37.3 Å². The monoisotopic (exact) mass is 439 g/mol. The molecule has 0 aliphatic carbocycles. The highest BCUT2D eigenvalue weighted by Gasteiger charge is 2.29. The quantitative estimate of drug-likeness (QED) is 0.487. The maximum atomic E-state index is 12.6. The lowest BCUT2D eigenvalue weighted by Crippen LogP contribution is -2.37. The predicted octanol–water partition coefficient (Wildman–Crippen LogP) is 6.28. The van der Waals surface area contributed by atoms with Gasteiger partial charge in [0.25, 0.3) is 0 Å². The molecule has 1 amide bonds. The lowest BCUT2D eigenvalue weighted by molar-refractivity contribution is -0.137. The van der Waals surface area contributed by atoms with Crippen LogP contribution >= 0.6 is 0 Å². The zero-order valence-corrected chi connectivity index (χ0v) is 17.7. The maximum absolute atomic E-state index is 12.6. The van der Waals surface area contributed by atoms with Crippen molar-refractivity contribution in [1.29, 1.82) is 0 Å². The summed E-state index contributed by atoms with van der Waals surface area (Å²) in [7, 11) is 0. The van der Waals surface area contributed by atoms with Gasteiger partial charge in [0, 0.05) is 29.7 Å². The molecule has 0 saturated carbocycles. The van der Waals surface area contributed by atoms with Crippen molar-refractivity contribution in [2.45, 2.75) is 38.4 Å². The number of hydrogen-bond donors (Lipinski definition) is 1. The highest BCUT2D eigenvalue weighted by molar-refractivity contribution is 6.03. The van der Waals surface area contributed by atoms with E-state index >= 15 is 0 Å². The van der Waals surface area contributed by atoms with Crippen molar-refractivity contribution in [3.63, 3.8) is 0 Å². The van der Waals surface area contributed by atoms with Gasteiger partial charge in [-0.3, -0.25) is 4.79 Å². The molecule has 2 aromatic carbocycles. The SMILES string of the molecule is C[C@@H]1CCCCN1c1ccc2cc(NC(=O)/C=C/c3ccc(C(F)(F)F)cc3)ccc2n1. The first-order valence-electron chi connectivity index (χ1n) is 10.6. The molecule has 166 valence electrons. The van der Waals surface area contributed by atoms with Crippen LogP contribution in [0, 0.1) is 0 Å². The molecule has 1 aliphatic heterocycles. The van der Waals surface area contributed by atoms with Gasteiger partial charge < -0.3 is 10.2 Å². The van der Waals surface area contributed by atoms with Crippen LogP contribution in [-0.2, 0) is 11.0 Å². The first kappa shape index (κ1) is 21.9. The van der Waals surface area contributed by atoms with Gasteiger partial charge in [-0.2, -0.15) is 13.2 Å². The van der Waals surface area contributed by atoms with Gasteiger partial charge in [0.15, 0.2) is 0 Å². The number of hydrogen-bond acceptors (Lipinski definition) is 3. The van der Waals surface area contributed by atoms with E-state index in [0.29, 0.717) is 17.3 Å². The number of rotatable bonds is 4. The third kappa shape index (κ3) is 5.10. The van der Waals surface area contributed by atoms with Gasteiger partial charge in [-0.25, -0.2) is 4.98 Å². The summed E-state index contributed by atoms with van der Waals surface area (Å²) in [5, 5.41) is 3.70. The molecule has 2 heterocycles. The number of alkyl halides is 3. The molecular weight excluding hydrogens is 415 g/mol. The Labute approximate surface area is 184 Å². The number of carbonyl (C=O) groups excluding carboxylic acids is 1. The number of piperidine rings is 1. The van der Waals surface area contributed by atoms with Crippen molar-refractivity contribution >= 4 is 34.4 Å². The van der Waals surface area contributed by atoms with Crippen LogP contribution in [0.25, 0.3) is 17.0 Å². The Morgan fingerprint density at radius 3 is 2.59 bits per heavy atom. The standard InChI is InChI=1S/C25H24F3N3O/c1-17-4-2-3-15-31(17)23-13-8-19-16-21(11-12-22(19)30-23)29-24(32)14-7-18-5-9-20(10-6-18)25(26,27)28/h5-14,16-17H,2-4,15H2,1H3,(H,29,32)/b14-7+/t17-/m1/s1. The Morgan fingerprint density at radius 2 is 1.88 bits per heavy atom. The molecule has 0 radical (unpaired) electrons. The zero-order valence-electron chi connectivity index (χ0n) is 17.7. The predicted molar refractivity (Wildman–Crippen MR) is 122 cm³/mol. The Bertz CT molecular complexity index is 1140. The van der Waals surface area contributed by atoms with Crippen molar-refractivity contribution in [2.24, 2.45) is 0 Å². The number of nitrogens with one attached hydrogen (secondary N) is 1. The van der Waals surface area contributed by atoms with E-state index in [4.69, 9.17) is 4.98 Å². The molecule has 1 saturated heterocycles. The number of benzene rings is 2. The van der Waals surface area contributed by atoms with E-state index in [-0.39, 0.29) is 5.91 Å². The maximum Gasteiger partial charge on any atom is 0.416 e. The van der Waals surface area contributed by atoms with Crippen LogP contribution in [0.2, 0.25) is 0 Å². The second-order valence-corrected chi connectivity index (χ2v) is 8.06. The molecule has 0 bridgehead atoms. The summed E-state index contributed by atoms with van der Waals surface area (Å²) < 4.78 is 37.9. The highest BCUT2D eigenvalue weighted by Crippen LogP contribution is 2.29. The topological polar surface area (TPSA) is 45.2 Å². The molecule has 4 nitrogen and oxygen atoms in total. The van der Waals surface area contributed by atoms with Crippen molar-refractivity contribution in [3.05, 3.63) is 71.8 Å². The van der Waals surface area contributed by atoms with Gasteiger partial charge in [0.05, 0.1) is 11.1 Å². The van der Waals surface area contributed by atoms with Crippen molar-refractivity contribution in [3.8, 4) is 0 Å². The average molecular weight is 439 g/mol. The third-order valence-corrected chi connectivity index (χ3v) is 5.70. The smallest absolute Gasteiger partial charge is 0.354 e. The second kappa shape index (κ2) is 9.02. The number of aromatic nitrogens is 1. The number of fused-ring (bicyclic) bond motifs is 1. The second-order valence-electron chi connectivity index (χ2n) is 8.06. The fraction of sp³-hybridized carbons (Fsp3) is 0.280. The van der Waals surface area contributed by atoms with E-state index in [9.17, 15) is 18.0 Å². The van der Waals surface area contributed by atoms with Gasteiger partial charge in [0.2, 0.25) is 5.91 Å². The van der Waals surface area contributed by atoms with Crippen LogP contribution < -0.4 is 10.2 Å². The molecule has 0 spiro atoms. The fourth-order valence-corrected chi connectivity index (χ4v) is 3.93. The molecule has 1 aliphatic rings. The number of nitrogens with zero attached hydrogens (tertiary/aromatic N) is 2. The van der Waals surface area contributed by atoms with Crippen LogP contribution in [0.3, 0.4) is 0 Å². The lowest BCUT2D eigenvalue weighted by atomic mass is 10.0. The molecule has 3 aromatic rings. The highest BCUT2D eigenvalue weighted by atomic mass is 19.4. The fourth-order valence-electron chi connectivity index (χ4n) is 3.93. The normalized spacial score (nSPS) is 17.1. The minimum atomic E-state index is -4.38. The van der Waals surface area contributed by atoms with Crippen LogP contribution in [0.5, 0.6) is 0 Å². The van der Waals surface area contributed by atoms with Crippen LogP contribution in [0.15, 0.2) is 60.7 Å². The van der Waals surface area contributed by atoms with Crippen molar-refractivity contribution < 1.29 is 18.0 Å². The van der Waals surface area contributed by atoms with E-state index in [1.807, 2.05) is 24.3 Å². The van der Waals surface area contributed by atoms with Gasteiger partial charge in [-0.15, -0.1) is 0 Å².